The van der Waals surface area contributed by atoms with Gasteiger partial charge in [-0.2, -0.15) is 0 Å². The normalized spacial score (nSPS) is 17.3. The van der Waals surface area contributed by atoms with Crippen molar-refractivity contribution >= 4 is 5.69 Å². The molecule has 1 unspecified atom stereocenters. The van der Waals surface area contributed by atoms with Crippen LogP contribution in [0.25, 0.3) is 0 Å². The molecule has 1 heterocycles. The number of benzene rings is 2. The summed E-state index contributed by atoms with van der Waals surface area (Å²) in [5, 5.41) is 3.40. The van der Waals surface area contributed by atoms with E-state index in [0.717, 1.165) is 17.0 Å². The summed E-state index contributed by atoms with van der Waals surface area (Å²) in [6.45, 7) is 4.82. The van der Waals surface area contributed by atoms with Gasteiger partial charge in [-0.05, 0) is 48.7 Å². The van der Waals surface area contributed by atoms with Crippen LogP contribution in [0.1, 0.15) is 22.8 Å². The molecule has 0 aliphatic carbocycles. The average molecular weight is 257 g/mol. The number of anilines is 1. The maximum absolute atomic E-state index is 12.9. The van der Waals surface area contributed by atoms with Crippen molar-refractivity contribution in [2.45, 2.75) is 20.0 Å². The van der Waals surface area contributed by atoms with Gasteiger partial charge in [0.1, 0.15) is 17.7 Å². The van der Waals surface area contributed by atoms with Crippen LogP contribution >= 0.6 is 0 Å². The highest BCUT2D eigenvalue weighted by Crippen LogP contribution is 2.37. The van der Waals surface area contributed by atoms with Crippen LogP contribution in [-0.2, 0) is 0 Å². The standard InChI is InChI=1S/C16H16FNO/c1-10-7-11(2)16-14(8-10)19-15(9-18-16)12-3-5-13(17)6-4-12/h3-8,15,18H,9H2,1-2H3. The van der Waals surface area contributed by atoms with Crippen LogP contribution in [-0.4, -0.2) is 6.54 Å². The van der Waals surface area contributed by atoms with Gasteiger partial charge in [0, 0.05) is 0 Å². The van der Waals surface area contributed by atoms with E-state index in [1.54, 1.807) is 12.1 Å². The van der Waals surface area contributed by atoms with Crippen molar-refractivity contribution in [3.05, 3.63) is 58.9 Å². The molecule has 1 aliphatic heterocycles. The molecule has 3 rings (SSSR count). The predicted molar refractivity (Wildman–Crippen MR) is 74.2 cm³/mol. The fourth-order valence-corrected chi connectivity index (χ4v) is 2.50. The van der Waals surface area contributed by atoms with E-state index in [1.165, 1.54) is 23.3 Å². The molecule has 1 N–H and O–H groups in total. The Balaban J connectivity index is 1.91. The smallest absolute Gasteiger partial charge is 0.143 e. The van der Waals surface area contributed by atoms with Crippen LogP contribution in [0.3, 0.4) is 0 Å². The van der Waals surface area contributed by atoms with Gasteiger partial charge in [0.25, 0.3) is 0 Å². The van der Waals surface area contributed by atoms with Gasteiger partial charge in [0.2, 0.25) is 0 Å². The summed E-state index contributed by atoms with van der Waals surface area (Å²) in [4.78, 5) is 0. The fourth-order valence-electron chi connectivity index (χ4n) is 2.50. The van der Waals surface area contributed by atoms with Gasteiger partial charge in [-0.25, -0.2) is 4.39 Å². The van der Waals surface area contributed by atoms with Gasteiger partial charge in [-0.1, -0.05) is 18.2 Å². The molecule has 1 aliphatic rings. The summed E-state index contributed by atoms with van der Waals surface area (Å²) in [5.74, 6) is 0.651. The maximum atomic E-state index is 12.9. The van der Waals surface area contributed by atoms with Crippen molar-refractivity contribution in [2.75, 3.05) is 11.9 Å². The molecule has 2 aromatic rings. The van der Waals surface area contributed by atoms with E-state index in [-0.39, 0.29) is 11.9 Å². The third kappa shape index (κ3) is 2.28. The molecule has 0 saturated heterocycles. The lowest BCUT2D eigenvalue weighted by Gasteiger charge is -2.29. The number of rotatable bonds is 1. The zero-order valence-electron chi connectivity index (χ0n) is 11.0. The Labute approximate surface area is 112 Å². The summed E-state index contributed by atoms with van der Waals surface area (Å²) < 4.78 is 19.0. The van der Waals surface area contributed by atoms with Crippen molar-refractivity contribution in [3.63, 3.8) is 0 Å². The molecular formula is C16H16FNO. The third-order valence-electron chi connectivity index (χ3n) is 3.42. The van der Waals surface area contributed by atoms with Crippen LogP contribution in [0.4, 0.5) is 10.1 Å². The third-order valence-corrected chi connectivity index (χ3v) is 3.42. The van der Waals surface area contributed by atoms with Crippen molar-refractivity contribution in [3.8, 4) is 5.75 Å². The van der Waals surface area contributed by atoms with Gasteiger partial charge in [0.05, 0.1) is 12.2 Å². The van der Waals surface area contributed by atoms with E-state index in [0.29, 0.717) is 6.54 Å². The van der Waals surface area contributed by atoms with E-state index in [4.69, 9.17) is 4.74 Å². The number of aryl methyl sites for hydroxylation is 2. The van der Waals surface area contributed by atoms with Crippen molar-refractivity contribution in [1.29, 1.82) is 0 Å². The Bertz CT molecular complexity index is 607. The summed E-state index contributed by atoms with van der Waals surface area (Å²) in [6, 6.07) is 10.6. The molecule has 2 aromatic carbocycles. The SMILES string of the molecule is Cc1cc(C)c2c(c1)OC(c1ccc(F)cc1)CN2. The highest BCUT2D eigenvalue weighted by molar-refractivity contribution is 5.64. The molecule has 1 atom stereocenters. The molecule has 3 heteroatoms. The van der Waals surface area contributed by atoms with Crippen LogP contribution in [0.5, 0.6) is 5.75 Å². The summed E-state index contributed by atoms with van der Waals surface area (Å²) in [6.07, 6.45) is -0.0747. The fraction of sp³-hybridized carbons (Fsp3) is 0.250. The summed E-state index contributed by atoms with van der Waals surface area (Å²) in [7, 11) is 0. The lowest BCUT2D eigenvalue weighted by atomic mass is 10.0. The van der Waals surface area contributed by atoms with Gasteiger partial charge >= 0.3 is 0 Å². The Morgan fingerprint density at radius 2 is 1.89 bits per heavy atom. The number of nitrogens with one attached hydrogen (secondary N) is 1. The van der Waals surface area contributed by atoms with E-state index < -0.39 is 0 Å². The van der Waals surface area contributed by atoms with Crippen LogP contribution in [0.2, 0.25) is 0 Å². The number of ether oxygens (including phenoxy) is 1. The first-order valence-corrected chi connectivity index (χ1v) is 6.41. The lowest BCUT2D eigenvalue weighted by molar-refractivity contribution is 0.210. The summed E-state index contributed by atoms with van der Waals surface area (Å²) >= 11 is 0. The first-order valence-electron chi connectivity index (χ1n) is 6.41. The molecular weight excluding hydrogens is 241 g/mol. The van der Waals surface area contributed by atoms with Crippen molar-refractivity contribution in [2.24, 2.45) is 0 Å². The molecule has 98 valence electrons. The highest BCUT2D eigenvalue weighted by Gasteiger charge is 2.22. The second-order valence-corrected chi connectivity index (χ2v) is 4.99. The zero-order valence-corrected chi connectivity index (χ0v) is 11.0. The topological polar surface area (TPSA) is 21.3 Å². The second kappa shape index (κ2) is 4.57. The van der Waals surface area contributed by atoms with Crippen LogP contribution < -0.4 is 10.1 Å². The predicted octanol–water partition coefficient (Wildman–Crippen LogP) is 3.99. The number of hydrogen-bond donors (Lipinski definition) is 1. The van der Waals surface area contributed by atoms with Crippen molar-refractivity contribution in [1.82, 2.24) is 0 Å². The minimum Gasteiger partial charge on any atom is -0.482 e. The monoisotopic (exact) mass is 257 g/mol. The minimum absolute atomic E-state index is 0.0747. The molecule has 0 aromatic heterocycles. The van der Waals surface area contributed by atoms with Gasteiger partial charge in [-0.3, -0.25) is 0 Å². The van der Waals surface area contributed by atoms with Crippen LogP contribution in [0, 0.1) is 19.7 Å². The molecule has 0 amide bonds. The molecule has 0 bridgehead atoms. The van der Waals surface area contributed by atoms with Crippen LogP contribution in [0.15, 0.2) is 36.4 Å². The zero-order chi connectivity index (χ0) is 13.4. The number of halogens is 1. The summed E-state index contributed by atoms with van der Waals surface area (Å²) in [5.41, 5.74) is 4.41. The van der Waals surface area contributed by atoms with E-state index in [1.807, 2.05) is 6.07 Å². The van der Waals surface area contributed by atoms with E-state index in [2.05, 4.69) is 25.2 Å². The highest BCUT2D eigenvalue weighted by atomic mass is 19.1. The second-order valence-electron chi connectivity index (χ2n) is 4.99. The Morgan fingerprint density at radius 1 is 1.16 bits per heavy atom. The van der Waals surface area contributed by atoms with Crippen molar-refractivity contribution < 1.29 is 9.13 Å². The number of fused-ring (bicyclic) bond motifs is 1. The average Bonchev–Trinajstić information content (AvgIpc) is 2.38. The Morgan fingerprint density at radius 3 is 2.63 bits per heavy atom. The molecule has 2 nitrogen and oxygen atoms in total. The Hall–Kier alpha value is -2.03. The molecule has 0 saturated carbocycles. The minimum atomic E-state index is -0.223. The van der Waals surface area contributed by atoms with Gasteiger partial charge < -0.3 is 10.1 Å². The number of hydrogen-bond acceptors (Lipinski definition) is 2. The molecule has 0 radical (unpaired) electrons. The Kier molecular flexibility index (Phi) is 2.90. The van der Waals surface area contributed by atoms with Gasteiger partial charge in [0.15, 0.2) is 0 Å². The molecule has 0 spiro atoms. The quantitative estimate of drug-likeness (QED) is 0.834. The molecule has 19 heavy (non-hydrogen) atoms. The lowest BCUT2D eigenvalue weighted by Crippen LogP contribution is -2.24. The first kappa shape index (κ1) is 12.0. The van der Waals surface area contributed by atoms with E-state index in [9.17, 15) is 4.39 Å². The van der Waals surface area contributed by atoms with E-state index >= 15 is 0 Å². The first-order chi connectivity index (χ1) is 9.13. The molecule has 0 fully saturated rings. The van der Waals surface area contributed by atoms with Gasteiger partial charge in [-0.15, -0.1) is 0 Å². The largest absolute Gasteiger partial charge is 0.482 e. The maximum Gasteiger partial charge on any atom is 0.143 e.